The number of aryl methyl sites for hydroxylation is 2. The van der Waals surface area contributed by atoms with Crippen LogP contribution in [0.25, 0.3) is 15.8 Å². The Labute approximate surface area is 161 Å². The van der Waals surface area contributed by atoms with Gasteiger partial charge in [-0.15, -0.1) is 11.3 Å². The lowest BCUT2D eigenvalue weighted by Gasteiger charge is -2.26. The smallest absolute Gasteiger partial charge is 0.259 e. The lowest BCUT2D eigenvalue weighted by Crippen LogP contribution is -2.33. The Balaban J connectivity index is 1.40. The average molecular weight is 378 g/mol. The van der Waals surface area contributed by atoms with Gasteiger partial charge >= 0.3 is 0 Å². The molecule has 0 aliphatic carbocycles. The number of thiazole rings is 1. The van der Waals surface area contributed by atoms with Crippen molar-refractivity contribution < 1.29 is 4.42 Å². The highest BCUT2D eigenvalue weighted by Gasteiger charge is 2.22. The summed E-state index contributed by atoms with van der Waals surface area (Å²) in [5.74, 6) is 1.12. The number of para-hydroxylation sites is 1. The van der Waals surface area contributed by atoms with Gasteiger partial charge in [-0.25, -0.2) is 0 Å². The van der Waals surface area contributed by atoms with E-state index >= 15 is 0 Å². The number of hydrogen-bond acceptors (Lipinski definition) is 4. The van der Waals surface area contributed by atoms with Gasteiger partial charge < -0.3 is 4.42 Å². The van der Waals surface area contributed by atoms with Gasteiger partial charge in [0.2, 0.25) is 0 Å². The zero-order valence-corrected chi connectivity index (χ0v) is 16.4. The molecule has 0 atom stereocenters. The fourth-order valence-corrected chi connectivity index (χ4v) is 5.19. The molecule has 0 amide bonds. The van der Waals surface area contributed by atoms with Crippen molar-refractivity contribution in [1.29, 1.82) is 0 Å². The summed E-state index contributed by atoms with van der Waals surface area (Å²) in [4.78, 5) is 16.4. The number of nitrogens with zero attached hydrogens (tertiary/aromatic N) is 2. The number of pyridine rings is 1. The fourth-order valence-electron chi connectivity index (χ4n) is 4.21. The van der Waals surface area contributed by atoms with Crippen LogP contribution in [0, 0.1) is 13.8 Å². The van der Waals surface area contributed by atoms with E-state index in [1.165, 1.54) is 10.9 Å². The van der Waals surface area contributed by atoms with Gasteiger partial charge in [-0.1, -0.05) is 18.2 Å². The second kappa shape index (κ2) is 6.36. The van der Waals surface area contributed by atoms with Gasteiger partial charge in [0.15, 0.2) is 0 Å². The molecule has 4 heterocycles. The van der Waals surface area contributed by atoms with Crippen molar-refractivity contribution >= 4 is 27.1 Å². The number of furan rings is 1. The summed E-state index contributed by atoms with van der Waals surface area (Å²) >= 11 is 1.63. The maximum absolute atomic E-state index is 13.0. The van der Waals surface area contributed by atoms with Crippen LogP contribution in [0.4, 0.5) is 0 Å². The molecule has 0 saturated carbocycles. The molecule has 1 aromatic carbocycles. The first-order valence-corrected chi connectivity index (χ1v) is 10.3. The predicted octanol–water partition coefficient (Wildman–Crippen LogP) is 4.32. The first-order valence-electron chi connectivity index (χ1n) is 9.43. The number of rotatable bonds is 3. The van der Waals surface area contributed by atoms with Crippen molar-refractivity contribution in [3.63, 3.8) is 0 Å². The Morgan fingerprint density at radius 2 is 2.07 bits per heavy atom. The van der Waals surface area contributed by atoms with Crippen LogP contribution in [0.2, 0.25) is 0 Å². The van der Waals surface area contributed by atoms with E-state index in [-0.39, 0.29) is 5.56 Å². The SMILES string of the molecule is Cc1cc2scc(C)n2c(=O)c1CCN1CCc2oc3ccccc3c2C1. The minimum absolute atomic E-state index is 0.148. The van der Waals surface area contributed by atoms with Crippen molar-refractivity contribution in [2.75, 3.05) is 13.1 Å². The van der Waals surface area contributed by atoms with E-state index in [0.717, 1.165) is 65.5 Å². The first kappa shape index (κ1) is 16.8. The second-order valence-electron chi connectivity index (χ2n) is 7.44. The van der Waals surface area contributed by atoms with E-state index in [1.807, 2.05) is 23.5 Å². The van der Waals surface area contributed by atoms with Gasteiger partial charge in [-0.05, 0) is 38.0 Å². The van der Waals surface area contributed by atoms with Crippen LogP contribution in [0.5, 0.6) is 0 Å². The summed E-state index contributed by atoms with van der Waals surface area (Å²) in [6, 6.07) is 10.4. The molecule has 27 heavy (non-hydrogen) atoms. The summed E-state index contributed by atoms with van der Waals surface area (Å²) in [6.07, 6.45) is 1.72. The molecule has 5 heteroatoms. The van der Waals surface area contributed by atoms with Crippen molar-refractivity contribution in [3.05, 3.63) is 74.2 Å². The molecule has 0 spiro atoms. The topological polar surface area (TPSA) is 37.9 Å². The maximum Gasteiger partial charge on any atom is 0.259 e. The van der Waals surface area contributed by atoms with Gasteiger partial charge in [0.05, 0.1) is 0 Å². The number of fused-ring (bicyclic) bond motifs is 4. The Morgan fingerprint density at radius 1 is 1.22 bits per heavy atom. The predicted molar refractivity (Wildman–Crippen MR) is 110 cm³/mol. The molecular weight excluding hydrogens is 356 g/mol. The van der Waals surface area contributed by atoms with Crippen molar-refractivity contribution in [2.24, 2.45) is 0 Å². The minimum atomic E-state index is 0.148. The van der Waals surface area contributed by atoms with E-state index in [4.69, 9.17) is 4.42 Å². The van der Waals surface area contributed by atoms with Gasteiger partial charge in [0.1, 0.15) is 16.2 Å². The molecule has 0 fully saturated rings. The van der Waals surface area contributed by atoms with E-state index < -0.39 is 0 Å². The van der Waals surface area contributed by atoms with E-state index in [1.54, 1.807) is 11.3 Å². The zero-order chi connectivity index (χ0) is 18.5. The molecule has 0 bridgehead atoms. The fraction of sp³-hybridized carbons (Fsp3) is 0.318. The van der Waals surface area contributed by atoms with Crippen LogP contribution in [0.15, 0.2) is 44.9 Å². The maximum atomic E-state index is 13.0. The van der Waals surface area contributed by atoms with Gasteiger partial charge in [-0.2, -0.15) is 0 Å². The Bertz CT molecular complexity index is 1210. The van der Waals surface area contributed by atoms with E-state index in [9.17, 15) is 4.79 Å². The zero-order valence-electron chi connectivity index (χ0n) is 15.6. The van der Waals surface area contributed by atoms with Crippen LogP contribution in [0.1, 0.15) is 28.1 Å². The Morgan fingerprint density at radius 3 is 2.96 bits per heavy atom. The van der Waals surface area contributed by atoms with E-state index in [0.29, 0.717) is 0 Å². The minimum Gasteiger partial charge on any atom is -0.461 e. The molecule has 1 aliphatic heterocycles. The summed E-state index contributed by atoms with van der Waals surface area (Å²) in [5, 5.41) is 3.28. The monoisotopic (exact) mass is 378 g/mol. The largest absolute Gasteiger partial charge is 0.461 e. The molecule has 0 unspecified atom stereocenters. The van der Waals surface area contributed by atoms with Crippen LogP contribution >= 0.6 is 11.3 Å². The highest BCUT2D eigenvalue weighted by molar-refractivity contribution is 7.15. The molecule has 4 aromatic rings. The molecule has 0 saturated heterocycles. The average Bonchev–Trinajstić information content (AvgIpc) is 3.21. The normalized spacial score (nSPS) is 14.9. The molecule has 138 valence electrons. The summed E-state index contributed by atoms with van der Waals surface area (Å²) in [6.45, 7) is 6.83. The lowest BCUT2D eigenvalue weighted by atomic mass is 10.0. The van der Waals surface area contributed by atoms with Crippen LogP contribution < -0.4 is 5.56 Å². The molecular formula is C22H22N2O2S. The summed E-state index contributed by atoms with van der Waals surface area (Å²) < 4.78 is 7.87. The standard InChI is InChI=1S/C22H22N2O2S/c1-14-11-21-24(15(2)13-27-21)22(25)16(14)7-9-23-10-8-20-18(12-23)17-5-3-4-6-19(17)26-20/h3-6,11,13H,7-10,12H2,1-2H3. The van der Waals surface area contributed by atoms with Crippen LogP contribution in [-0.4, -0.2) is 22.4 Å². The third-order valence-corrected chi connectivity index (χ3v) is 6.70. The molecule has 3 aromatic heterocycles. The lowest BCUT2D eigenvalue weighted by molar-refractivity contribution is 0.246. The molecule has 4 nitrogen and oxygen atoms in total. The molecule has 0 N–H and O–H groups in total. The summed E-state index contributed by atoms with van der Waals surface area (Å²) in [7, 11) is 0. The molecule has 0 radical (unpaired) electrons. The summed E-state index contributed by atoms with van der Waals surface area (Å²) in [5.41, 5.74) is 5.51. The second-order valence-corrected chi connectivity index (χ2v) is 8.33. The molecule has 5 rings (SSSR count). The quantitative estimate of drug-likeness (QED) is 0.533. The van der Waals surface area contributed by atoms with Gasteiger partial charge in [0.25, 0.3) is 5.56 Å². The number of benzene rings is 1. The van der Waals surface area contributed by atoms with Crippen molar-refractivity contribution in [2.45, 2.75) is 33.2 Å². The highest BCUT2D eigenvalue weighted by Crippen LogP contribution is 2.30. The number of hydrogen-bond donors (Lipinski definition) is 0. The Kier molecular flexibility index (Phi) is 3.95. The van der Waals surface area contributed by atoms with Crippen LogP contribution in [-0.2, 0) is 19.4 Å². The van der Waals surface area contributed by atoms with Gasteiger partial charge in [-0.3, -0.25) is 14.1 Å². The number of aromatic nitrogens is 1. The van der Waals surface area contributed by atoms with Crippen molar-refractivity contribution in [3.8, 4) is 0 Å². The van der Waals surface area contributed by atoms with Crippen LogP contribution in [0.3, 0.4) is 0 Å². The van der Waals surface area contributed by atoms with Crippen molar-refractivity contribution in [1.82, 2.24) is 9.30 Å². The first-order chi connectivity index (χ1) is 13.1. The Hall–Kier alpha value is -2.37. The highest BCUT2D eigenvalue weighted by atomic mass is 32.1. The third-order valence-electron chi connectivity index (χ3n) is 5.70. The molecule has 1 aliphatic rings. The van der Waals surface area contributed by atoms with Gasteiger partial charge in [0, 0.05) is 53.6 Å². The third kappa shape index (κ3) is 2.73. The van der Waals surface area contributed by atoms with E-state index in [2.05, 4.69) is 35.4 Å².